The first kappa shape index (κ1) is 14.9. The van der Waals surface area contributed by atoms with Crippen molar-refractivity contribution in [3.63, 3.8) is 0 Å². The number of hydrogen-bond acceptors (Lipinski definition) is 4. The third-order valence-corrected chi connectivity index (χ3v) is 3.23. The number of benzene rings is 1. The highest BCUT2D eigenvalue weighted by Crippen LogP contribution is 2.35. The van der Waals surface area contributed by atoms with Gasteiger partial charge in [-0.15, -0.1) is 0 Å². The van der Waals surface area contributed by atoms with Crippen LogP contribution in [0, 0.1) is 0 Å². The van der Waals surface area contributed by atoms with Crippen LogP contribution in [0.3, 0.4) is 0 Å². The van der Waals surface area contributed by atoms with Gasteiger partial charge in [0.25, 0.3) is 0 Å². The average molecular weight is 289 g/mol. The fourth-order valence-electron chi connectivity index (χ4n) is 2.13. The summed E-state index contributed by atoms with van der Waals surface area (Å²) < 4.78 is 43.7. The molecule has 1 aliphatic rings. The third-order valence-electron chi connectivity index (χ3n) is 3.23. The van der Waals surface area contributed by atoms with Gasteiger partial charge in [0.15, 0.2) is 0 Å². The molecule has 0 aromatic heterocycles. The SMILES string of the molecule is CN1CCOC(CNc2ccc(N)c(C(F)(F)F)c2)C1. The van der Waals surface area contributed by atoms with Gasteiger partial charge in [-0.1, -0.05) is 0 Å². The molecule has 0 aliphatic carbocycles. The van der Waals surface area contributed by atoms with Crippen molar-refractivity contribution < 1.29 is 17.9 Å². The van der Waals surface area contributed by atoms with Crippen LogP contribution in [-0.2, 0) is 10.9 Å². The number of nitrogens with one attached hydrogen (secondary N) is 1. The van der Waals surface area contributed by atoms with Gasteiger partial charge in [0.1, 0.15) is 0 Å². The van der Waals surface area contributed by atoms with Gasteiger partial charge < -0.3 is 20.7 Å². The van der Waals surface area contributed by atoms with Gasteiger partial charge in [-0.25, -0.2) is 0 Å². The Morgan fingerprint density at radius 2 is 2.20 bits per heavy atom. The molecular formula is C13H18F3N3O. The van der Waals surface area contributed by atoms with Crippen LogP contribution in [0.2, 0.25) is 0 Å². The number of nitrogens with two attached hydrogens (primary N) is 1. The molecule has 20 heavy (non-hydrogen) atoms. The van der Waals surface area contributed by atoms with E-state index >= 15 is 0 Å². The van der Waals surface area contributed by atoms with Gasteiger partial charge in [0.05, 0.1) is 18.3 Å². The molecule has 0 radical (unpaired) electrons. The van der Waals surface area contributed by atoms with Crippen molar-refractivity contribution in [1.29, 1.82) is 0 Å². The molecule has 0 saturated carbocycles. The van der Waals surface area contributed by atoms with Crippen molar-refractivity contribution in [1.82, 2.24) is 4.90 Å². The fraction of sp³-hybridized carbons (Fsp3) is 0.538. The summed E-state index contributed by atoms with van der Waals surface area (Å²) in [6.45, 7) is 2.73. The van der Waals surface area contributed by atoms with E-state index in [0.29, 0.717) is 18.8 Å². The molecule has 112 valence electrons. The minimum absolute atomic E-state index is 0.0272. The molecule has 2 rings (SSSR count). The first-order chi connectivity index (χ1) is 9.36. The summed E-state index contributed by atoms with van der Waals surface area (Å²) in [6, 6.07) is 3.83. The Kier molecular flexibility index (Phi) is 4.39. The maximum atomic E-state index is 12.7. The highest BCUT2D eigenvalue weighted by molar-refractivity contribution is 5.58. The molecule has 1 aromatic carbocycles. The summed E-state index contributed by atoms with van der Waals surface area (Å²) in [5.41, 5.74) is 4.66. The van der Waals surface area contributed by atoms with Crippen LogP contribution in [0.25, 0.3) is 0 Å². The van der Waals surface area contributed by atoms with Gasteiger partial charge in [0, 0.05) is 31.0 Å². The van der Waals surface area contributed by atoms with E-state index in [2.05, 4.69) is 10.2 Å². The van der Waals surface area contributed by atoms with Crippen molar-refractivity contribution in [2.75, 3.05) is 44.3 Å². The summed E-state index contributed by atoms with van der Waals surface area (Å²) >= 11 is 0. The molecular weight excluding hydrogens is 271 g/mol. The van der Waals surface area contributed by atoms with Gasteiger partial charge in [-0.3, -0.25) is 0 Å². The minimum Gasteiger partial charge on any atom is -0.398 e. The van der Waals surface area contributed by atoms with Crippen LogP contribution in [0.15, 0.2) is 18.2 Å². The van der Waals surface area contributed by atoms with Crippen molar-refractivity contribution in [3.05, 3.63) is 23.8 Å². The lowest BCUT2D eigenvalue weighted by molar-refractivity contribution is -0.136. The lowest BCUT2D eigenvalue weighted by Gasteiger charge is -2.30. The smallest absolute Gasteiger partial charge is 0.398 e. The number of ether oxygens (including phenoxy) is 1. The predicted molar refractivity (Wildman–Crippen MR) is 71.6 cm³/mol. The maximum Gasteiger partial charge on any atom is 0.418 e. The quantitative estimate of drug-likeness (QED) is 0.836. The van der Waals surface area contributed by atoms with Crippen LogP contribution in [0.4, 0.5) is 24.5 Å². The molecule has 7 heteroatoms. The molecule has 1 fully saturated rings. The van der Waals surface area contributed by atoms with Gasteiger partial charge in [-0.05, 0) is 25.2 Å². The van der Waals surface area contributed by atoms with Crippen LogP contribution < -0.4 is 11.1 Å². The lowest BCUT2D eigenvalue weighted by atomic mass is 10.1. The third kappa shape index (κ3) is 3.77. The van der Waals surface area contributed by atoms with E-state index in [9.17, 15) is 13.2 Å². The second-order valence-corrected chi connectivity index (χ2v) is 4.94. The molecule has 0 amide bonds. The van der Waals surface area contributed by atoms with E-state index in [1.165, 1.54) is 12.1 Å². The number of nitrogen functional groups attached to an aromatic ring is 1. The highest BCUT2D eigenvalue weighted by atomic mass is 19.4. The summed E-state index contributed by atoms with van der Waals surface area (Å²) in [5.74, 6) is 0. The number of nitrogens with zero attached hydrogens (tertiary/aromatic N) is 1. The zero-order valence-corrected chi connectivity index (χ0v) is 11.2. The number of morpholine rings is 1. The fourth-order valence-corrected chi connectivity index (χ4v) is 2.13. The van der Waals surface area contributed by atoms with E-state index in [1.807, 2.05) is 7.05 Å². The summed E-state index contributed by atoms with van der Waals surface area (Å²) in [7, 11) is 1.99. The summed E-state index contributed by atoms with van der Waals surface area (Å²) in [4.78, 5) is 2.12. The largest absolute Gasteiger partial charge is 0.418 e. The average Bonchev–Trinajstić information content (AvgIpc) is 2.36. The van der Waals surface area contributed by atoms with Crippen molar-refractivity contribution in [3.8, 4) is 0 Å². The second kappa shape index (κ2) is 5.88. The van der Waals surface area contributed by atoms with Crippen LogP contribution in [0.1, 0.15) is 5.56 Å². The highest BCUT2D eigenvalue weighted by Gasteiger charge is 2.33. The Morgan fingerprint density at radius 3 is 2.85 bits per heavy atom. The normalized spacial score (nSPS) is 20.9. The number of likely N-dealkylation sites (N-methyl/N-ethyl adjacent to an activating group) is 1. The topological polar surface area (TPSA) is 50.5 Å². The first-order valence-corrected chi connectivity index (χ1v) is 6.37. The molecule has 1 aliphatic heterocycles. The van der Waals surface area contributed by atoms with E-state index in [-0.39, 0.29) is 11.8 Å². The van der Waals surface area contributed by atoms with Crippen molar-refractivity contribution >= 4 is 11.4 Å². The number of anilines is 2. The number of halogens is 3. The Balaban J connectivity index is 1.99. The standard InChI is InChI=1S/C13H18F3N3O/c1-19-4-5-20-10(8-19)7-18-9-2-3-12(17)11(6-9)13(14,15)16/h2-3,6,10,18H,4-5,7-8,17H2,1H3. The Bertz CT molecular complexity index is 465. The molecule has 1 unspecified atom stereocenters. The molecule has 1 atom stereocenters. The van der Waals surface area contributed by atoms with E-state index < -0.39 is 11.7 Å². The summed E-state index contributed by atoms with van der Waals surface area (Å²) in [5, 5.41) is 2.97. The molecule has 0 spiro atoms. The Morgan fingerprint density at radius 1 is 1.45 bits per heavy atom. The molecule has 1 aromatic rings. The molecule has 1 saturated heterocycles. The number of rotatable bonds is 3. The van der Waals surface area contributed by atoms with Crippen molar-refractivity contribution in [2.45, 2.75) is 12.3 Å². The van der Waals surface area contributed by atoms with Gasteiger partial charge in [0.2, 0.25) is 0 Å². The Labute approximate surface area is 115 Å². The molecule has 1 heterocycles. The zero-order chi connectivity index (χ0) is 14.8. The van der Waals surface area contributed by atoms with Crippen LogP contribution in [-0.4, -0.2) is 44.3 Å². The maximum absolute atomic E-state index is 12.7. The minimum atomic E-state index is -4.44. The van der Waals surface area contributed by atoms with Crippen LogP contribution in [0.5, 0.6) is 0 Å². The van der Waals surface area contributed by atoms with E-state index in [1.54, 1.807) is 0 Å². The summed E-state index contributed by atoms with van der Waals surface area (Å²) in [6.07, 6.45) is -4.47. The van der Waals surface area contributed by atoms with Crippen LogP contribution >= 0.6 is 0 Å². The van der Waals surface area contributed by atoms with Gasteiger partial charge in [-0.2, -0.15) is 13.2 Å². The van der Waals surface area contributed by atoms with Gasteiger partial charge >= 0.3 is 6.18 Å². The predicted octanol–water partition coefficient (Wildman–Crippen LogP) is 2.03. The second-order valence-electron chi connectivity index (χ2n) is 4.94. The van der Waals surface area contributed by atoms with E-state index in [4.69, 9.17) is 10.5 Å². The molecule has 3 N–H and O–H groups in total. The van der Waals surface area contributed by atoms with Crippen molar-refractivity contribution in [2.24, 2.45) is 0 Å². The molecule has 0 bridgehead atoms. The number of hydrogen-bond donors (Lipinski definition) is 2. The number of alkyl halides is 3. The zero-order valence-electron chi connectivity index (χ0n) is 11.2. The monoisotopic (exact) mass is 289 g/mol. The lowest BCUT2D eigenvalue weighted by Crippen LogP contribution is -2.43. The first-order valence-electron chi connectivity index (χ1n) is 6.37. The van der Waals surface area contributed by atoms with E-state index in [0.717, 1.165) is 19.2 Å². The Hall–Kier alpha value is -1.47. The molecule has 4 nitrogen and oxygen atoms in total.